The Labute approximate surface area is 186 Å². The fourth-order valence-corrected chi connectivity index (χ4v) is 4.71. The van der Waals surface area contributed by atoms with Crippen molar-refractivity contribution in [3.05, 3.63) is 89.8 Å². The third-order valence-corrected chi connectivity index (χ3v) is 6.66. The van der Waals surface area contributed by atoms with Gasteiger partial charge in [0, 0.05) is 31.2 Å². The van der Waals surface area contributed by atoms with Crippen molar-refractivity contribution in [3.8, 4) is 28.5 Å². The maximum Gasteiger partial charge on any atom is 0.159 e. The molecule has 31 heavy (non-hydrogen) atoms. The average molecular weight is 426 g/mol. The van der Waals surface area contributed by atoms with Crippen molar-refractivity contribution in [1.29, 1.82) is 0 Å². The van der Waals surface area contributed by atoms with E-state index in [4.69, 9.17) is 4.98 Å². The van der Waals surface area contributed by atoms with Gasteiger partial charge in [-0.2, -0.15) is 5.10 Å². The summed E-state index contributed by atoms with van der Waals surface area (Å²) >= 11 is 1.80. The first-order valence-corrected chi connectivity index (χ1v) is 11.1. The molecule has 4 aromatic rings. The molecule has 1 aliphatic rings. The van der Waals surface area contributed by atoms with Crippen LogP contribution in [0.2, 0.25) is 0 Å². The van der Waals surface area contributed by atoms with Crippen molar-refractivity contribution >= 4 is 11.8 Å². The summed E-state index contributed by atoms with van der Waals surface area (Å²) in [6.07, 6.45) is 12.2. The Bertz CT molecular complexity index is 1250. The molecule has 0 atom stereocenters. The number of thioether (sulfide) groups is 1. The van der Waals surface area contributed by atoms with Crippen LogP contribution in [-0.2, 0) is 7.05 Å². The van der Waals surface area contributed by atoms with Gasteiger partial charge >= 0.3 is 0 Å². The fourth-order valence-electron chi connectivity index (χ4n) is 3.64. The molecular weight excluding hydrogens is 402 g/mol. The molecule has 1 aliphatic carbocycles. The number of benzene rings is 1. The maximum absolute atomic E-state index is 5.04. The number of aromatic nitrogens is 5. The highest BCUT2D eigenvalue weighted by atomic mass is 32.2. The topological polar surface area (TPSA) is 48.5 Å². The third kappa shape index (κ3) is 3.99. The molecule has 0 unspecified atom stereocenters. The van der Waals surface area contributed by atoms with Crippen LogP contribution in [0.4, 0.5) is 0 Å². The van der Waals surface area contributed by atoms with Gasteiger partial charge < -0.3 is 4.57 Å². The van der Waals surface area contributed by atoms with Crippen molar-refractivity contribution in [2.45, 2.75) is 24.8 Å². The van der Waals surface area contributed by atoms with Crippen LogP contribution >= 0.6 is 11.8 Å². The first-order chi connectivity index (χ1) is 15.2. The molecule has 6 heteroatoms. The van der Waals surface area contributed by atoms with E-state index in [1.54, 1.807) is 18.0 Å². The smallest absolute Gasteiger partial charge is 0.159 e. The molecule has 0 saturated carbocycles. The highest BCUT2D eigenvalue weighted by Crippen LogP contribution is 2.40. The monoisotopic (exact) mass is 425 g/mol. The first kappa shape index (κ1) is 19.6. The summed E-state index contributed by atoms with van der Waals surface area (Å²) in [5.74, 6) is 0.873. The van der Waals surface area contributed by atoms with Gasteiger partial charge in [-0.15, -0.1) is 0 Å². The maximum atomic E-state index is 5.04. The minimum atomic E-state index is 0.873. The lowest BCUT2D eigenvalue weighted by atomic mass is 10.1. The number of allylic oxidation sites excluding steroid dienone is 4. The number of hydrogen-bond acceptors (Lipinski definition) is 4. The van der Waals surface area contributed by atoms with E-state index in [1.807, 2.05) is 41.3 Å². The summed E-state index contributed by atoms with van der Waals surface area (Å²) in [5.41, 5.74) is 5.39. The minimum Gasteiger partial charge on any atom is -0.320 e. The van der Waals surface area contributed by atoms with Crippen LogP contribution in [0.5, 0.6) is 0 Å². The molecule has 0 aliphatic heterocycles. The van der Waals surface area contributed by atoms with Gasteiger partial charge in [-0.3, -0.25) is 4.98 Å². The van der Waals surface area contributed by atoms with Crippen molar-refractivity contribution < 1.29 is 0 Å². The SMILES string of the molecule is CC1=CC=C(Sc2c(-c3ccc(-n4cccn4)cc3)nc(-c3ccccn3)n2C)CC1. The zero-order chi connectivity index (χ0) is 21.2. The number of hydrogen-bond donors (Lipinski definition) is 0. The zero-order valence-electron chi connectivity index (χ0n) is 17.6. The predicted octanol–water partition coefficient (Wildman–Crippen LogP) is 6.05. The van der Waals surface area contributed by atoms with Gasteiger partial charge in [-0.1, -0.05) is 47.7 Å². The number of nitrogens with zero attached hydrogens (tertiary/aromatic N) is 5. The van der Waals surface area contributed by atoms with E-state index in [0.717, 1.165) is 46.3 Å². The molecule has 3 heterocycles. The van der Waals surface area contributed by atoms with E-state index >= 15 is 0 Å². The second kappa shape index (κ2) is 8.40. The molecule has 3 aromatic heterocycles. The first-order valence-electron chi connectivity index (χ1n) is 10.3. The Morgan fingerprint density at radius 3 is 2.48 bits per heavy atom. The lowest BCUT2D eigenvalue weighted by Crippen LogP contribution is -1.97. The Hall–Kier alpha value is -3.38. The molecule has 1 aromatic carbocycles. The quantitative estimate of drug-likeness (QED) is 0.390. The largest absolute Gasteiger partial charge is 0.320 e. The van der Waals surface area contributed by atoms with Gasteiger partial charge in [0.05, 0.1) is 5.69 Å². The third-order valence-electron chi connectivity index (χ3n) is 5.39. The Morgan fingerprint density at radius 1 is 0.935 bits per heavy atom. The van der Waals surface area contributed by atoms with Gasteiger partial charge in [-0.05, 0) is 55.0 Å². The van der Waals surface area contributed by atoms with Gasteiger partial charge in [0.1, 0.15) is 16.4 Å². The Balaban J connectivity index is 1.58. The van der Waals surface area contributed by atoms with E-state index in [-0.39, 0.29) is 0 Å². The van der Waals surface area contributed by atoms with Crippen molar-refractivity contribution in [2.75, 3.05) is 0 Å². The van der Waals surface area contributed by atoms with E-state index in [2.05, 4.69) is 65.0 Å². The Kier molecular flexibility index (Phi) is 5.30. The molecular formula is C25H23N5S. The number of imidazole rings is 1. The van der Waals surface area contributed by atoms with Gasteiger partial charge in [-0.25, -0.2) is 9.67 Å². The summed E-state index contributed by atoms with van der Waals surface area (Å²) in [6.45, 7) is 2.19. The highest BCUT2D eigenvalue weighted by Gasteiger charge is 2.20. The van der Waals surface area contributed by atoms with Crippen molar-refractivity contribution in [2.24, 2.45) is 7.05 Å². The molecule has 0 N–H and O–H groups in total. The van der Waals surface area contributed by atoms with Crippen LogP contribution in [0, 0.1) is 0 Å². The van der Waals surface area contributed by atoms with Crippen LogP contribution in [0.25, 0.3) is 28.5 Å². The lowest BCUT2D eigenvalue weighted by molar-refractivity contribution is 0.831. The van der Waals surface area contributed by atoms with Gasteiger partial charge in [0.25, 0.3) is 0 Å². The van der Waals surface area contributed by atoms with E-state index in [9.17, 15) is 0 Å². The summed E-state index contributed by atoms with van der Waals surface area (Å²) < 4.78 is 4.02. The van der Waals surface area contributed by atoms with Gasteiger partial charge in [0.15, 0.2) is 5.82 Å². The molecule has 0 fully saturated rings. The molecule has 0 saturated heterocycles. The molecule has 154 valence electrons. The van der Waals surface area contributed by atoms with Crippen molar-refractivity contribution in [1.82, 2.24) is 24.3 Å². The summed E-state index contributed by atoms with van der Waals surface area (Å²) in [5, 5.41) is 5.45. The van der Waals surface area contributed by atoms with Crippen LogP contribution in [-0.4, -0.2) is 24.3 Å². The van der Waals surface area contributed by atoms with E-state index in [0.29, 0.717) is 0 Å². The van der Waals surface area contributed by atoms with Crippen LogP contribution < -0.4 is 0 Å². The molecule has 0 radical (unpaired) electrons. The zero-order valence-corrected chi connectivity index (χ0v) is 18.4. The standard InChI is InChI=1S/C25H23N5S/c1-18-7-13-21(14-8-18)31-25-23(28-24(29(25)2)22-6-3-4-15-26-22)19-9-11-20(12-10-19)30-17-5-16-27-30/h3-7,9-13,15-17H,8,14H2,1-2H3. The predicted molar refractivity (Wildman–Crippen MR) is 126 cm³/mol. The number of pyridine rings is 1. The summed E-state index contributed by atoms with van der Waals surface area (Å²) in [4.78, 5) is 10.9. The second-order valence-corrected chi connectivity index (χ2v) is 8.72. The molecule has 0 bridgehead atoms. The highest BCUT2D eigenvalue weighted by molar-refractivity contribution is 8.03. The van der Waals surface area contributed by atoms with Crippen LogP contribution in [0.1, 0.15) is 19.8 Å². The molecule has 0 amide bonds. The van der Waals surface area contributed by atoms with Crippen molar-refractivity contribution in [3.63, 3.8) is 0 Å². The Morgan fingerprint density at radius 2 is 1.81 bits per heavy atom. The fraction of sp³-hybridized carbons (Fsp3) is 0.160. The second-order valence-electron chi connectivity index (χ2n) is 7.61. The normalized spacial score (nSPS) is 13.7. The van der Waals surface area contributed by atoms with E-state index in [1.165, 1.54) is 10.5 Å². The summed E-state index contributed by atoms with van der Waals surface area (Å²) in [7, 11) is 2.07. The van der Waals surface area contributed by atoms with E-state index < -0.39 is 0 Å². The van der Waals surface area contributed by atoms with Crippen LogP contribution in [0.15, 0.2) is 94.8 Å². The molecule has 0 spiro atoms. The number of rotatable bonds is 5. The van der Waals surface area contributed by atoms with Crippen LogP contribution in [0.3, 0.4) is 0 Å². The lowest BCUT2D eigenvalue weighted by Gasteiger charge is -2.13. The average Bonchev–Trinajstić information content (AvgIpc) is 3.45. The summed E-state index contributed by atoms with van der Waals surface area (Å²) in [6, 6.07) is 16.3. The molecule has 5 rings (SSSR count). The molecule has 5 nitrogen and oxygen atoms in total. The van der Waals surface area contributed by atoms with Gasteiger partial charge in [0.2, 0.25) is 0 Å². The minimum absolute atomic E-state index is 0.873.